The smallest absolute Gasteiger partial charge is 0.269 e. The third-order valence-electron chi connectivity index (χ3n) is 2.36. The summed E-state index contributed by atoms with van der Waals surface area (Å²) in [4.78, 5) is 21.1. The maximum atomic E-state index is 11.1. The molecule has 0 aliphatic carbocycles. The van der Waals surface area contributed by atoms with Crippen molar-refractivity contribution in [1.82, 2.24) is 0 Å². The van der Waals surface area contributed by atoms with Crippen molar-refractivity contribution >= 4 is 11.5 Å². The van der Waals surface area contributed by atoms with E-state index in [1.54, 1.807) is 12.1 Å². The van der Waals surface area contributed by atoms with Crippen molar-refractivity contribution in [1.29, 1.82) is 0 Å². The van der Waals surface area contributed by atoms with Gasteiger partial charge in [-0.05, 0) is 17.7 Å². The van der Waals surface area contributed by atoms with Gasteiger partial charge in [0.25, 0.3) is 5.69 Å². The van der Waals surface area contributed by atoms with Gasteiger partial charge in [0, 0.05) is 18.2 Å². The van der Waals surface area contributed by atoms with E-state index >= 15 is 0 Å². The Morgan fingerprint density at radius 1 is 1.31 bits per heavy atom. The molecule has 1 aromatic rings. The van der Waals surface area contributed by atoms with Gasteiger partial charge in [0.1, 0.15) is 6.10 Å². The lowest BCUT2D eigenvalue weighted by Gasteiger charge is -2.18. The number of ketones is 1. The standard InChI is InChI=1S/C11H9NO4/c13-10-5-6-16-11(7-10)8-1-3-9(4-2-8)12(14)15/h1-6,11H,7H2/t11-/m0/s1. The number of rotatable bonds is 2. The molecule has 0 radical (unpaired) electrons. The van der Waals surface area contributed by atoms with Crippen LogP contribution in [0, 0.1) is 10.1 Å². The lowest BCUT2D eigenvalue weighted by atomic mass is 10.0. The second kappa shape index (κ2) is 4.14. The fourth-order valence-corrected chi connectivity index (χ4v) is 1.52. The Kier molecular flexibility index (Phi) is 2.68. The molecule has 0 saturated heterocycles. The molecular weight excluding hydrogens is 210 g/mol. The molecule has 0 N–H and O–H groups in total. The number of nitrogens with zero attached hydrogens (tertiary/aromatic N) is 1. The van der Waals surface area contributed by atoms with Crippen molar-refractivity contribution in [2.75, 3.05) is 0 Å². The van der Waals surface area contributed by atoms with Crippen LogP contribution in [0.5, 0.6) is 0 Å². The maximum absolute atomic E-state index is 11.1. The average molecular weight is 219 g/mol. The molecule has 16 heavy (non-hydrogen) atoms. The highest BCUT2D eigenvalue weighted by atomic mass is 16.6. The molecule has 82 valence electrons. The van der Waals surface area contributed by atoms with E-state index in [0.29, 0.717) is 0 Å². The third kappa shape index (κ3) is 2.08. The molecule has 1 aromatic carbocycles. The summed E-state index contributed by atoms with van der Waals surface area (Å²) in [7, 11) is 0. The fourth-order valence-electron chi connectivity index (χ4n) is 1.52. The zero-order chi connectivity index (χ0) is 11.5. The van der Waals surface area contributed by atoms with Gasteiger partial charge in [-0.1, -0.05) is 0 Å². The number of carbonyl (C=O) groups excluding carboxylic acids is 1. The number of allylic oxidation sites excluding steroid dienone is 1. The van der Waals surface area contributed by atoms with Crippen LogP contribution in [-0.4, -0.2) is 10.7 Å². The highest BCUT2D eigenvalue weighted by Gasteiger charge is 2.19. The first-order chi connectivity index (χ1) is 7.66. The lowest BCUT2D eigenvalue weighted by molar-refractivity contribution is -0.384. The summed E-state index contributed by atoms with van der Waals surface area (Å²) in [6, 6.07) is 6.02. The van der Waals surface area contributed by atoms with Gasteiger partial charge in [0.2, 0.25) is 0 Å². The summed E-state index contributed by atoms with van der Waals surface area (Å²) >= 11 is 0. The largest absolute Gasteiger partial charge is 0.493 e. The molecule has 0 amide bonds. The van der Waals surface area contributed by atoms with Gasteiger partial charge in [0.15, 0.2) is 5.78 Å². The molecule has 0 unspecified atom stereocenters. The molecule has 0 saturated carbocycles. The van der Waals surface area contributed by atoms with Crippen LogP contribution >= 0.6 is 0 Å². The molecule has 0 aromatic heterocycles. The Hall–Kier alpha value is -2.17. The van der Waals surface area contributed by atoms with Gasteiger partial charge in [-0.2, -0.15) is 0 Å². The normalized spacial score (nSPS) is 19.2. The fraction of sp³-hybridized carbons (Fsp3) is 0.182. The summed E-state index contributed by atoms with van der Waals surface area (Å²) in [6.07, 6.45) is 2.67. The molecule has 1 heterocycles. The molecule has 5 heteroatoms. The van der Waals surface area contributed by atoms with E-state index in [1.807, 2.05) is 0 Å². The van der Waals surface area contributed by atoms with Crippen molar-refractivity contribution in [2.24, 2.45) is 0 Å². The Balaban J connectivity index is 2.19. The second-order valence-corrected chi connectivity index (χ2v) is 3.45. The summed E-state index contributed by atoms with van der Waals surface area (Å²) in [5.41, 5.74) is 0.796. The van der Waals surface area contributed by atoms with Crippen LogP contribution in [0.2, 0.25) is 0 Å². The molecule has 1 aliphatic heterocycles. The lowest BCUT2D eigenvalue weighted by Crippen LogP contribution is -2.11. The van der Waals surface area contributed by atoms with Gasteiger partial charge < -0.3 is 4.74 Å². The highest BCUT2D eigenvalue weighted by molar-refractivity contribution is 5.90. The maximum Gasteiger partial charge on any atom is 0.269 e. The van der Waals surface area contributed by atoms with E-state index in [2.05, 4.69) is 0 Å². The third-order valence-corrected chi connectivity index (χ3v) is 2.36. The van der Waals surface area contributed by atoms with E-state index in [4.69, 9.17) is 4.74 Å². The van der Waals surface area contributed by atoms with E-state index in [-0.39, 0.29) is 24.0 Å². The topological polar surface area (TPSA) is 69.4 Å². The predicted molar refractivity (Wildman–Crippen MR) is 55.7 cm³/mol. The van der Waals surface area contributed by atoms with Crippen molar-refractivity contribution in [3.05, 3.63) is 52.3 Å². The molecule has 2 rings (SSSR count). The predicted octanol–water partition coefficient (Wildman–Crippen LogP) is 2.14. The number of ether oxygens (including phenoxy) is 1. The van der Waals surface area contributed by atoms with Crippen LogP contribution in [0.4, 0.5) is 5.69 Å². The first kappa shape index (κ1) is 10.4. The molecule has 5 nitrogen and oxygen atoms in total. The van der Waals surface area contributed by atoms with Crippen LogP contribution in [0.25, 0.3) is 0 Å². The van der Waals surface area contributed by atoms with E-state index in [0.717, 1.165) is 5.56 Å². The first-order valence-electron chi connectivity index (χ1n) is 4.76. The van der Waals surface area contributed by atoms with Gasteiger partial charge in [-0.3, -0.25) is 14.9 Å². The van der Waals surface area contributed by atoms with Crippen molar-refractivity contribution in [3.63, 3.8) is 0 Å². The zero-order valence-corrected chi connectivity index (χ0v) is 8.33. The number of nitro groups is 1. The van der Waals surface area contributed by atoms with Gasteiger partial charge in [-0.25, -0.2) is 0 Å². The summed E-state index contributed by atoms with van der Waals surface area (Å²) in [5.74, 6) is -0.00500. The average Bonchev–Trinajstić information content (AvgIpc) is 2.29. The van der Waals surface area contributed by atoms with Gasteiger partial charge in [-0.15, -0.1) is 0 Å². The number of non-ortho nitro benzene ring substituents is 1. The SMILES string of the molecule is O=C1C=CO[C@H](c2ccc([N+](=O)[O-])cc2)C1. The van der Waals surface area contributed by atoms with E-state index < -0.39 is 4.92 Å². The number of carbonyl (C=O) groups is 1. The Labute approximate surface area is 91.5 Å². The van der Waals surface area contributed by atoms with Crippen molar-refractivity contribution in [2.45, 2.75) is 12.5 Å². The number of nitro benzene ring substituents is 1. The van der Waals surface area contributed by atoms with Crippen LogP contribution in [0.3, 0.4) is 0 Å². The van der Waals surface area contributed by atoms with Gasteiger partial charge >= 0.3 is 0 Å². The van der Waals surface area contributed by atoms with E-state index in [9.17, 15) is 14.9 Å². The monoisotopic (exact) mass is 219 g/mol. The van der Waals surface area contributed by atoms with Crippen molar-refractivity contribution < 1.29 is 14.5 Å². The van der Waals surface area contributed by atoms with Gasteiger partial charge in [0.05, 0.1) is 17.6 Å². The molecular formula is C11H9NO4. The Morgan fingerprint density at radius 3 is 2.56 bits per heavy atom. The summed E-state index contributed by atoms with van der Waals surface area (Å²) in [6.45, 7) is 0. The van der Waals surface area contributed by atoms with E-state index in [1.165, 1.54) is 24.5 Å². The second-order valence-electron chi connectivity index (χ2n) is 3.45. The van der Waals surface area contributed by atoms with Crippen molar-refractivity contribution in [3.8, 4) is 0 Å². The van der Waals surface area contributed by atoms with Crippen LogP contribution in [0.1, 0.15) is 18.1 Å². The quantitative estimate of drug-likeness (QED) is 0.564. The summed E-state index contributed by atoms with van der Waals surface area (Å²) in [5, 5.41) is 10.4. The molecule has 1 atom stereocenters. The van der Waals surface area contributed by atoms with Crippen LogP contribution in [0.15, 0.2) is 36.6 Å². The number of benzene rings is 1. The molecule has 1 aliphatic rings. The molecule has 0 bridgehead atoms. The number of hydrogen-bond acceptors (Lipinski definition) is 4. The molecule has 0 spiro atoms. The first-order valence-corrected chi connectivity index (χ1v) is 4.76. The minimum absolute atomic E-state index is 0.00500. The minimum Gasteiger partial charge on any atom is -0.493 e. The Morgan fingerprint density at radius 2 is 2.00 bits per heavy atom. The van der Waals surface area contributed by atoms with Crippen LogP contribution in [-0.2, 0) is 9.53 Å². The van der Waals surface area contributed by atoms with Crippen LogP contribution < -0.4 is 0 Å². The summed E-state index contributed by atoms with van der Waals surface area (Å²) < 4.78 is 5.26. The minimum atomic E-state index is -0.462. The Bertz CT molecular complexity index is 450. The number of hydrogen-bond donors (Lipinski definition) is 0. The highest BCUT2D eigenvalue weighted by Crippen LogP contribution is 2.26. The molecule has 0 fully saturated rings. The zero-order valence-electron chi connectivity index (χ0n) is 8.33.